The summed E-state index contributed by atoms with van der Waals surface area (Å²) in [6, 6.07) is 0.0716. The van der Waals surface area contributed by atoms with Crippen LogP contribution in [-0.2, 0) is 4.79 Å². The molecule has 0 aromatic heterocycles. The van der Waals surface area contributed by atoms with Crippen LogP contribution in [0.15, 0.2) is 0 Å². The van der Waals surface area contributed by atoms with Gasteiger partial charge in [-0.1, -0.05) is 0 Å². The summed E-state index contributed by atoms with van der Waals surface area (Å²) >= 11 is 0. The van der Waals surface area contributed by atoms with E-state index in [4.69, 9.17) is 12.2 Å². The molecule has 2 heteroatoms. The molecule has 0 bridgehead atoms. The summed E-state index contributed by atoms with van der Waals surface area (Å²) in [7, 11) is 0. The highest BCUT2D eigenvalue weighted by atomic mass is 16.1. The van der Waals surface area contributed by atoms with Crippen molar-refractivity contribution < 1.29 is 4.79 Å². The number of hydrogen-bond donors (Lipinski definition) is 1. The lowest BCUT2D eigenvalue weighted by atomic mass is 10.1. The van der Waals surface area contributed by atoms with E-state index >= 15 is 0 Å². The number of ketones is 1. The number of terminal acetylenes is 1. The van der Waals surface area contributed by atoms with Gasteiger partial charge in [0.1, 0.15) is 0 Å². The summed E-state index contributed by atoms with van der Waals surface area (Å²) in [5, 5.41) is 0. The maximum atomic E-state index is 10.4. The minimum atomic E-state index is -0.160. The fraction of sp³-hybridized carbons (Fsp3) is 0.571. The van der Waals surface area contributed by atoms with Gasteiger partial charge in [0.25, 0.3) is 0 Å². The van der Waals surface area contributed by atoms with Gasteiger partial charge < -0.3 is 5.73 Å². The van der Waals surface area contributed by atoms with Gasteiger partial charge in [0.15, 0.2) is 0 Å². The predicted molar refractivity (Wildman–Crippen MR) is 36.7 cm³/mol. The highest BCUT2D eigenvalue weighted by Crippen LogP contribution is 1.92. The Morgan fingerprint density at radius 3 is 2.78 bits per heavy atom. The third kappa shape index (κ3) is 5.05. The van der Waals surface area contributed by atoms with E-state index in [0.29, 0.717) is 12.8 Å². The Morgan fingerprint density at radius 2 is 2.44 bits per heavy atom. The second-order valence-corrected chi connectivity index (χ2v) is 2.08. The van der Waals surface area contributed by atoms with Gasteiger partial charge in [0, 0.05) is 12.5 Å². The normalized spacial score (nSPS) is 12.1. The molecule has 0 fully saturated rings. The smallest absolute Gasteiger partial charge is 0.205 e. The molecule has 2 nitrogen and oxygen atoms in total. The van der Waals surface area contributed by atoms with Gasteiger partial charge in [-0.05, 0) is 19.3 Å². The molecule has 2 N–H and O–H groups in total. The lowest BCUT2D eigenvalue weighted by Crippen LogP contribution is -2.15. The van der Waals surface area contributed by atoms with Gasteiger partial charge in [0.05, 0.1) is 0 Å². The largest absolute Gasteiger partial charge is 0.328 e. The molecule has 1 unspecified atom stereocenters. The van der Waals surface area contributed by atoms with Crippen molar-refractivity contribution in [2.75, 3.05) is 0 Å². The zero-order valence-electron chi connectivity index (χ0n) is 5.55. The van der Waals surface area contributed by atoms with Crippen LogP contribution in [0.4, 0.5) is 0 Å². The Labute approximate surface area is 55.4 Å². The van der Waals surface area contributed by atoms with Crippen molar-refractivity contribution in [2.24, 2.45) is 5.73 Å². The molecule has 0 aromatic rings. The molecular weight excluding hydrogens is 114 g/mol. The maximum Gasteiger partial charge on any atom is 0.205 e. The van der Waals surface area contributed by atoms with Gasteiger partial charge in [-0.3, -0.25) is 4.79 Å². The van der Waals surface area contributed by atoms with Crippen molar-refractivity contribution in [3.63, 3.8) is 0 Å². The second kappa shape index (κ2) is 4.11. The van der Waals surface area contributed by atoms with Gasteiger partial charge in [-0.25, -0.2) is 0 Å². The molecule has 0 saturated carbocycles. The van der Waals surface area contributed by atoms with Crippen LogP contribution in [0.25, 0.3) is 0 Å². The van der Waals surface area contributed by atoms with E-state index in [-0.39, 0.29) is 11.8 Å². The highest BCUT2D eigenvalue weighted by molar-refractivity contribution is 5.94. The third-order valence-electron chi connectivity index (χ3n) is 0.988. The summed E-state index contributed by atoms with van der Waals surface area (Å²) in [5.74, 6) is 1.87. The zero-order chi connectivity index (χ0) is 7.28. The molecule has 0 aliphatic rings. The Kier molecular flexibility index (Phi) is 3.74. The topological polar surface area (TPSA) is 43.1 Å². The van der Waals surface area contributed by atoms with Crippen molar-refractivity contribution in [1.29, 1.82) is 0 Å². The zero-order valence-corrected chi connectivity index (χ0v) is 5.55. The summed E-state index contributed by atoms with van der Waals surface area (Å²) in [4.78, 5) is 10.4. The van der Waals surface area contributed by atoms with E-state index < -0.39 is 0 Å². The van der Waals surface area contributed by atoms with E-state index in [9.17, 15) is 4.79 Å². The van der Waals surface area contributed by atoms with Crippen LogP contribution in [0.2, 0.25) is 0 Å². The third-order valence-corrected chi connectivity index (χ3v) is 0.988. The fourth-order valence-electron chi connectivity index (χ4n) is 0.431. The molecule has 0 aliphatic carbocycles. The van der Waals surface area contributed by atoms with Gasteiger partial charge in [-0.2, -0.15) is 0 Å². The molecular formula is C7H11NO. The molecule has 50 valence electrons. The quantitative estimate of drug-likeness (QED) is 0.436. The average Bonchev–Trinajstić information content (AvgIpc) is 1.83. The first-order valence-corrected chi connectivity index (χ1v) is 2.92. The summed E-state index contributed by atoms with van der Waals surface area (Å²) in [6.45, 7) is 1.85. The molecule has 9 heavy (non-hydrogen) atoms. The number of Topliss-reactive ketones (excluding diaryl/α,β-unsaturated/α-hetero) is 1. The van der Waals surface area contributed by atoms with E-state index in [1.54, 1.807) is 0 Å². The monoisotopic (exact) mass is 125 g/mol. The molecule has 0 aromatic carbocycles. The van der Waals surface area contributed by atoms with Crippen molar-refractivity contribution in [3.05, 3.63) is 0 Å². The van der Waals surface area contributed by atoms with Crippen LogP contribution in [0.1, 0.15) is 19.8 Å². The van der Waals surface area contributed by atoms with E-state index in [0.717, 1.165) is 0 Å². The molecule has 0 saturated heterocycles. The van der Waals surface area contributed by atoms with E-state index in [1.807, 2.05) is 12.8 Å². The number of carbonyl (C=O) groups excluding carboxylic acids is 1. The SMILES string of the molecule is C#CC(=O)CCC(C)N. The maximum absolute atomic E-state index is 10.4. The lowest BCUT2D eigenvalue weighted by Gasteiger charge is -1.98. The van der Waals surface area contributed by atoms with Crippen molar-refractivity contribution >= 4 is 5.78 Å². The lowest BCUT2D eigenvalue weighted by molar-refractivity contribution is -0.113. The van der Waals surface area contributed by atoms with Crippen LogP contribution >= 0.6 is 0 Å². The molecule has 0 radical (unpaired) electrons. The van der Waals surface area contributed by atoms with E-state index in [1.165, 1.54) is 0 Å². The number of rotatable bonds is 3. The molecule has 0 rings (SSSR count). The first-order valence-electron chi connectivity index (χ1n) is 2.92. The van der Waals surface area contributed by atoms with Crippen molar-refractivity contribution in [3.8, 4) is 12.3 Å². The number of hydrogen-bond acceptors (Lipinski definition) is 2. The van der Waals surface area contributed by atoms with Crippen LogP contribution in [0.5, 0.6) is 0 Å². The fourth-order valence-corrected chi connectivity index (χ4v) is 0.431. The minimum absolute atomic E-state index is 0.0716. The highest BCUT2D eigenvalue weighted by Gasteiger charge is 1.98. The minimum Gasteiger partial charge on any atom is -0.328 e. The van der Waals surface area contributed by atoms with Crippen LogP contribution in [-0.4, -0.2) is 11.8 Å². The van der Waals surface area contributed by atoms with Gasteiger partial charge >= 0.3 is 0 Å². The average molecular weight is 125 g/mol. The van der Waals surface area contributed by atoms with Gasteiger partial charge in [0.2, 0.25) is 5.78 Å². The van der Waals surface area contributed by atoms with Crippen molar-refractivity contribution in [1.82, 2.24) is 0 Å². The molecule has 0 heterocycles. The second-order valence-electron chi connectivity index (χ2n) is 2.08. The van der Waals surface area contributed by atoms with Crippen molar-refractivity contribution in [2.45, 2.75) is 25.8 Å². The van der Waals surface area contributed by atoms with E-state index in [2.05, 4.69) is 0 Å². The van der Waals surface area contributed by atoms with Gasteiger partial charge in [-0.15, -0.1) is 6.42 Å². The molecule has 0 spiro atoms. The first kappa shape index (κ1) is 8.19. The Balaban J connectivity index is 3.31. The Hall–Kier alpha value is -0.810. The Bertz CT molecular complexity index is 132. The molecule has 0 aliphatic heterocycles. The van der Waals surface area contributed by atoms with Crippen LogP contribution in [0.3, 0.4) is 0 Å². The summed E-state index contributed by atoms with van der Waals surface area (Å²) < 4.78 is 0. The summed E-state index contributed by atoms with van der Waals surface area (Å²) in [5.41, 5.74) is 5.37. The number of nitrogens with two attached hydrogens (primary N) is 1. The first-order chi connectivity index (χ1) is 4.16. The van der Waals surface area contributed by atoms with Crippen LogP contribution in [0, 0.1) is 12.3 Å². The predicted octanol–water partition coefficient (Wildman–Crippen LogP) is 0.316. The Morgan fingerprint density at radius 1 is 1.89 bits per heavy atom. The molecule has 0 amide bonds. The van der Waals surface area contributed by atoms with Crippen LogP contribution < -0.4 is 5.73 Å². The number of carbonyl (C=O) groups is 1. The summed E-state index contributed by atoms with van der Waals surface area (Å²) in [6.07, 6.45) is 5.91. The standard InChI is InChI=1S/C7H11NO/c1-3-7(9)5-4-6(2)8/h1,6H,4-5,8H2,2H3. The molecule has 1 atom stereocenters.